The van der Waals surface area contributed by atoms with Crippen molar-refractivity contribution in [2.75, 3.05) is 33.2 Å². The summed E-state index contributed by atoms with van der Waals surface area (Å²) in [7, 11) is 1.62. The molecule has 1 atom stereocenters. The van der Waals surface area contributed by atoms with Crippen molar-refractivity contribution in [2.24, 2.45) is 0 Å². The Bertz CT molecular complexity index is 702. The molecule has 1 N–H and O–H groups in total. The van der Waals surface area contributed by atoms with E-state index in [2.05, 4.69) is 27.3 Å². The van der Waals surface area contributed by atoms with E-state index in [9.17, 15) is 9.59 Å². The summed E-state index contributed by atoms with van der Waals surface area (Å²) >= 11 is 0. The lowest BCUT2D eigenvalue weighted by atomic mass is 10.1. The number of rotatable bonds is 5. The standard InChI is InChI=1S/C18H22N4O3/c1-19-17(23)15-12-22(18(24)16-11-20-13-25-16)10-9-21(15)8-7-14-5-3-2-4-6-14/h2-6,11,13,15H,7-10,12H2,1H3,(H,19,23)/t15-/m0/s1. The Balaban J connectivity index is 1.66. The molecule has 132 valence electrons. The third-order valence-corrected chi connectivity index (χ3v) is 4.50. The van der Waals surface area contributed by atoms with Crippen molar-refractivity contribution in [3.8, 4) is 0 Å². The zero-order valence-electron chi connectivity index (χ0n) is 14.2. The number of oxazole rings is 1. The molecule has 0 radical (unpaired) electrons. The number of likely N-dealkylation sites (N-methyl/N-ethyl adjacent to an activating group) is 1. The molecule has 0 aliphatic carbocycles. The lowest BCUT2D eigenvalue weighted by molar-refractivity contribution is -0.127. The first kappa shape index (κ1) is 17.2. The highest BCUT2D eigenvalue weighted by Crippen LogP contribution is 2.15. The lowest BCUT2D eigenvalue weighted by Gasteiger charge is -2.40. The quantitative estimate of drug-likeness (QED) is 0.869. The molecule has 1 aromatic heterocycles. The zero-order chi connectivity index (χ0) is 17.6. The number of aromatic nitrogens is 1. The van der Waals surface area contributed by atoms with Gasteiger partial charge in [0.25, 0.3) is 5.91 Å². The van der Waals surface area contributed by atoms with E-state index in [0.717, 1.165) is 13.0 Å². The second kappa shape index (κ2) is 7.94. The molecular weight excluding hydrogens is 320 g/mol. The van der Waals surface area contributed by atoms with Gasteiger partial charge >= 0.3 is 0 Å². The van der Waals surface area contributed by atoms with E-state index < -0.39 is 0 Å². The molecule has 0 unspecified atom stereocenters. The van der Waals surface area contributed by atoms with Crippen LogP contribution in [0.2, 0.25) is 0 Å². The van der Waals surface area contributed by atoms with Gasteiger partial charge in [0, 0.05) is 33.2 Å². The van der Waals surface area contributed by atoms with E-state index in [1.54, 1.807) is 11.9 Å². The van der Waals surface area contributed by atoms with Crippen molar-refractivity contribution in [1.29, 1.82) is 0 Å². The number of carbonyl (C=O) groups is 2. The summed E-state index contributed by atoms with van der Waals surface area (Å²) in [5.74, 6) is -0.106. The Morgan fingerprint density at radius 3 is 2.76 bits per heavy atom. The fourth-order valence-electron chi connectivity index (χ4n) is 3.08. The second-order valence-corrected chi connectivity index (χ2v) is 6.02. The van der Waals surface area contributed by atoms with Crippen molar-refractivity contribution in [1.82, 2.24) is 20.1 Å². The SMILES string of the molecule is CNC(=O)[C@@H]1CN(C(=O)c2cnco2)CCN1CCc1ccccc1. The van der Waals surface area contributed by atoms with Crippen molar-refractivity contribution in [3.63, 3.8) is 0 Å². The van der Waals surface area contributed by atoms with Gasteiger partial charge in [-0.2, -0.15) is 0 Å². The smallest absolute Gasteiger partial charge is 0.291 e. The number of piperazine rings is 1. The van der Waals surface area contributed by atoms with Crippen molar-refractivity contribution in [2.45, 2.75) is 12.5 Å². The van der Waals surface area contributed by atoms with Crippen molar-refractivity contribution in [3.05, 3.63) is 54.2 Å². The summed E-state index contributed by atoms with van der Waals surface area (Å²) < 4.78 is 5.09. The minimum atomic E-state index is -0.366. The van der Waals surface area contributed by atoms with E-state index in [1.165, 1.54) is 18.2 Å². The fraction of sp³-hybridized carbons (Fsp3) is 0.389. The van der Waals surface area contributed by atoms with E-state index in [0.29, 0.717) is 19.6 Å². The highest BCUT2D eigenvalue weighted by atomic mass is 16.3. The number of nitrogens with zero attached hydrogens (tertiary/aromatic N) is 3. The van der Waals surface area contributed by atoms with Gasteiger partial charge in [-0.05, 0) is 12.0 Å². The number of nitrogens with one attached hydrogen (secondary N) is 1. The van der Waals surface area contributed by atoms with Gasteiger partial charge in [0.2, 0.25) is 11.7 Å². The van der Waals surface area contributed by atoms with Gasteiger partial charge in [0.05, 0.1) is 6.20 Å². The van der Waals surface area contributed by atoms with Crippen LogP contribution in [0.15, 0.2) is 47.3 Å². The Kier molecular flexibility index (Phi) is 5.45. The second-order valence-electron chi connectivity index (χ2n) is 6.02. The average molecular weight is 342 g/mol. The molecule has 3 rings (SSSR count). The zero-order valence-corrected chi connectivity index (χ0v) is 14.2. The maximum absolute atomic E-state index is 12.4. The first-order valence-electron chi connectivity index (χ1n) is 8.36. The number of hydrogen-bond donors (Lipinski definition) is 1. The van der Waals surface area contributed by atoms with Crippen LogP contribution >= 0.6 is 0 Å². The summed E-state index contributed by atoms with van der Waals surface area (Å²) in [6.45, 7) is 2.31. The van der Waals surface area contributed by atoms with Crippen LogP contribution in [-0.2, 0) is 11.2 Å². The van der Waals surface area contributed by atoms with E-state index >= 15 is 0 Å². The topological polar surface area (TPSA) is 78.7 Å². The predicted octanol–water partition coefficient (Wildman–Crippen LogP) is 0.790. The van der Waals surface area contributed by atoms with Gasteiger partial charge < -0.3 is 14.6 Å². The minimum Gasteiger partial charge on any atom is -0.438 e. The fourth-order valence-corrected chi connectivity index (χ4v) is 3.08. The molecule has 1 fully saturated rings. The molecule has 1 aliphatic heterocycles. The highest BCUT2D eigenvalue weighted by molar-refractivity contribution is 5.92. The lowest BCUT2D eigenvalue weighted by Crippen LogP contribution is -2.60. The number of amides is 2. The van der Waals surface area contributed by atoms with Crippen LogP contribution in [0.1, 0.15) is 16.1 Å². The molecule has 0 bridgehead atoms. The maximum Gasteiger partial charge on any atom is 0.291 e. The largest absolute Gasteiger partial charge is 0.438 e. The molecular formula is C18H22N4O3. The monoisotopic (exact) mass is 342 g/mol. The summed E-state index contributed by atoms with van der Waals surface area (Å²) in [6.07, 6.45) is 3.50. The van der Waals surface area contributed by atoms with E-state index in [1.807, 2.05) is 18.2 Å². The van der Waals surface area contributed by atoms with E-state index in [-0.39, 0.29) is 23.6 Å². The molecule has 2 aromatic rings. The van der Waals surface area contributed by atoms with Gasteiger partial charge in [-0.15, -0.1) is 0 Å². The van der Waals surface area contributed by atoms with Gasteiger partial charge in [-0.3, -0.25) is 14.5 Å². The molecule has 7 nitrogen and oxygen atoms in total. The number of hydrogen-bond acceptors (Lipinski definition) is 5. The first-order chi connectivity index (χ1) is 12.2. The van der Waals surface area contributed by atoms with Crippen LogP contribution in [0.5, 0.6) is 0 Å². The normalized spacial score (nSPS) is 18.1. The first-order valence-corrected chi connectivity index (χ1v) is 8.36. The molecule has 25 heavy (non-hydrogen) atoms. The van der Waals surface area contributed by atoms with Crippen LogP contribution < -0.4 is 5.32 Å². The van der Waals surface area contributed by atoms with Gasteiger partial charge in [-0.1, -0.05) is 30.3 Å². The third-order valence-electron chi connectivity index (χ3n) is 4.50. The minimum absolute atomic E-state index is 0.0804. The number of carbonyl (C=O) groups excluding carboxylic acids is 2. The van der Waals surface area contributed by atoms with Crippen LogP contribution in [0.3, 0.4) is 0 Å². The molecule has 2 amide bonds. The van der Waals surface area contributed by atoms with Crippen LogP contribution in [0, 0.1) is 0 Å². The Labute approximate surface area is 146 Å². The average Bonchev–Trinajstić information content (AvgIpc) is 3.20. The Morgan fingerprint density at radius 1 is 1.28 bits per heavy atom. The van der Waals surface area contributed by atoms with Crippen molar-refractivity contribution < 1.29 is 14.0 Å². The summed E-state index contributed by atoms with van der Waals surface area (Å²) in [4.78, 5) is 32.3. The molecule has 1 saturated heterocycles. The molecule has 1 aliphatic rings. The van der Waals surface area contributed by atoms with Gasteiger partial charge in [0.1, 0.15) is 6.04 Å². The number of benzene rings is 1. The molecule has 1 aromatic carbocycles. The van der Waals surface area contributed by atoms with E-state index in [4.69, 9.17) is 4.42 Å². The molecule has 0 saturated carbocycles. The van der Waals surface area contributed by atoms with Crippen molar-refractivity contribution >= 4 is 11.8 Å². The highest BCUT2D eigenvalue weighted by Gasteiger charge is 2.34. The molecule has 0 spiro atoms. The Morgan fingerprint density at radius 2 is 2.08 bits per heavy atom. The predicted molar refractivity (Wildman–Crippen MR) is 92.0 cm³/mol. The van der Waals surface area contributed by atoms with Crippen LogP contribution in [0.4, 0.5) is 0 Å². The summed E-state index contributed by atoms with van der Waals surface area (Å²) in [5, 5.41) is 2.70. The molecule has 7 heteroatoms. The summed E-state index contributed by atoms with van der Waals surface area (Å²) in [6, 6.07) is 9.82. The summed E-state index contributed by atoms with van der Waals surface area (Å²) in [5.41, 5.74) is 1.23. The van der Waals surface area contributed by atoms with Gasteiger partial charge in [-0.25, -0.2) is 4.98 Å². The maximum atomic E-state index is 12.4. The third kappa shape index (κ3) is 4.06. The van der Waals surface area contributed by atoms with Crippen LogP contribution in [-0.4, -0.2) is 65.9 Å². The Hall–Kier alpha value is -2.67. The van der Waals surface area contributed by atoms with Gasteiger partial charge in [0.15, 0.2) is 6.39 Å². The molecule has 2 heterocycles. The van der Waals surface area contributed by atoms with Crippen LogP contribution in [0.25, 0.3) is 0 Å².